The van der Waals surface area contributed by atoms with Gasteiger partial charge in [-0.2, -0.15) is 13.2 Å². The highest BCUT2D eigenvalue weighted by atomic mass is 19.4. The SMILES string of the molecule is O=C(O)C1CCCCN1C(c1ccc(C(F)(F)F)cc1)c1ccco1. The van der Waals surface area contributed by atoms with Gasteiger partial charge in [-0.25, -0.2) is 0 Å². The summed E-state index contributed by atoms with van der Waals surface area (Å²) < 4.78 is 43.9. The number of hydrogen-bond donors (Lipinski definition) is 1. The topological polar surface area (TPSA) is 53.7 Å². The first-order chi connectivity index (χ1) is 11.9. The summed E-state index contributed by atoms with van der Waals surface area (Å²) in [5.74, 6) is -0.406. The van der Waals surface area contributed by atoms with Crippen molar-refractivity contribution < 1.29 is 27.5 Å². The molecule has 1 aromatic carbocycles. The number of aliphatic carboxylic acids is 1. The van der Waals surface area contributed by atoms with Gasteiger partial charge in [0.05, 0.1) is 17.9 Å². The molecule has 1 saturated heterocycles. The molecule has 0 bridgehead atoms. The molecule has 134 valence electrons. The van der Waals surface area contributed by atoms with Gasteiger partial charge in [-0.15, -0.1) is 0 Å². The van der Waals surface area contributed by atoms with E-state index in [2.05, 4.69) is 0 Å². The number of benzene rings is 1. The van der Waals surface area contributed by atoms with E-state index in [9.17, 15) is 23.1 Å². The van der Waals surface area contributed by atoms with Crippen molar-refractivity contribution in [2.24, 2.45) is 0 Å². The summed E-state index contributed by atoms with van der Waals surface area (Å²) in [5, 5.41) is 9.53. The van der Waals surface area contributed by atoms with Gasteiger partial charge in [-0.3, -0.25) is 9.69 Å². The van der Waals surface area contributed by atoms with Gasteiger partial charge in [-0.05, 0) is 42.7 Å². The van der Waals surface area contributed by atoms with E-state index in [0.29, 0.717) is 24.3 Å². The van der Waals surface area contributed by atoms with Gasteiger partial charge in [-0.1, -0.05) is 18.6 Å². The predicted octanol–water partition coefficient (Wildman–Crippen LogP) is 4.33. The molecule has 3 rings (SSSR count). The zero-order valence-electron chi connectivity index (χ0n) is 13.4. The maximum Gasteiger partial charge on any atom is 0.416 e. The number of piperidine rings is 1. The average molecular weight is 353 g/mol. The van der Waals surface area contributed by atoms with E-state index in [1.54, 1.807) is 17.0 Å². The Morgan fingerprint density at radius 2 is 1.92 bits per heavy atom. The molecule has 2 atom stereocenters. The van der Waals surface area contributed by atoms with E-state index >= 15 is 0 Å². The van der Waals surface area contributed by atoms with Crippen LogP contribution in [0.15, 0.2) is 47.1 Å². The van der Waals surface area contributed by atoms with Crippen molar-refractivity contribution in [1.82, 2.24) is 4.90 Å². The van der Waals surface area contributed by atoms with Gasteiger partial charge in [0.2, 0.25) is 0 Å². The second-order valence-corrected chi connectivity index (χ2v) is 6.13. The lowest BCUT2D eigenvalue weighted by atomic mass is 9.94. The summed E-state index contributed by atoms with van der Waals surface area (Å²) in [6, 6.07) is 7.01. The third-order valence-electron chi connectivity index (χ3n) is 4.53. The maximum absolute atomic E-state index is 12.8. The lowest BCUT2D eigenvalue weighted by molar-refractivity contribution is -0.145. The number of nitrogens with zero attached hydrogens (tertiary/aromatic N) is 1. The molecule has 1 fully saturated rings. The standard InChI is InChI=1S/C18H18F3NO3/c19-18(20,21)13-8-6-12(7-9-13)16(15-5-3-11-25-15)22-10-2-1-4-14(22)17(23)24/h3,5-9,11,14,16H,1-2,4,10H2,(H,23,24). The number of carbonyl (C=O) groups is 1. The van der Waals surface area contributed by atoms with E-state index < -0.39 is 29.8 Å². The van der Waals surface area contributed by atoms with Crippen molar-refractivity contribution >= 4 is 5.97 Å². The Labute approximate surface area is 142 Å². The molecule has 2 heterocycles. The van der Waals surface area contributed by atoms with Crippen LogP contribution in [0.25, 0.3) is 0 Å². The van der Waals surface area contributed by atoms with Gasteiger partial charge in [0, 0.05) is 6.54 Å². The van der Waals surface area contributed by atoms with Crippen molar-refractivity contribution in [3.05, 3.63) is 59.5 Å². The summed E-state index contributed by atoms with van der Waals surface area (Å²) in [4.78, 5) is 13.4. The van der Waals surface area contributed by atoms with Gasteiger partial charge in [0.1, 0.15) is 11.8 Å². The molecule has 0 saturated carbocycles. The van der Waals surface area contributed by atoms with Crippen LogP contribution < -0.4 is 0 Å². The molecule has 4 nitrogen and oxygen atoms in total. The lowest BCUT2D eigenvalue weighted by Crippen LogP contribution is -2.46. The van der Waals surface area contributed by atoms with Crippen LogP contribution in [0.4, 0.5) is 13.2 Å². The number of likely N-dealkylation sites (tertiary alicyclic amines) is 1. The Morgan fingerprint density at radius 1 is 1.20 bits per heavy atom. The molecular formula is C18H18F3NO3. The van der Waals surface area contributed by atoms with Crippen LogP contribution in [0.1, 0.15) is 42.2 Å². The molecule has 0 aliphatic carbocycles. The molecule has 0 radical (unpaired) electrons. The van der Waals surface area contributed by atoms with E-state index in [4.69, 9.17) is 4.42 Å². The van der Waals surface area contributed by atoms with Crippen LogP contribution in [-0.4, -0.2) is 28.6 Å². The Hall–Kier alpha value is -2.28. The molecule has 2 aromatic rings. The number of carboxylic acids is 1. The monoisotopic (exact) mass is 353 g/mol. The Kier molecular flexibility index (Phi) is 4.85. The molecule has 1 aliphatic rings. The number of alkyl halides is 3. The molecule has 1 N–H and O–H groups in total. The molecular weight excluding hydrogens is 335 g/mol. The van der Waals surface area contributed by atoms with Crippen LogP contribution in [0.3, 0.4) is 0 Å². The van der Waals surface area contributed by atoms with Gasteiger partial charge in [0.15, 0.2) is 0 Å². The largest absolute Gasteiger partial charge is 0.480 e. The maximum atomic E-state index is 12.8. The fraction of sp³-hybridized carbons (Fsp3) is 0.389. The number of halogens is 3. The first kappa shape index (κ1) is 17.5. The molecule has 0 amide bonds. The van der Waals surface area contributed by atoms with Crippen LogP contribution in [0, 0.1) is 0 Å². The normalized spacial score (nSPS) is 20.4. The second kappa shape index (κ2) is 6.92. The highest BCUT2D eigenvalue weighted by Crippen LogP contribution is 2.36. The van der Waals surface area contributed by atoms with Crippen molar-refractivity contribution in [1.29, 1.82) is 0 Å². The lowest BCUT2D eigenvalue weighted by Gasteiger charge is -2.38. The molecule has 0 spiro atoms. The van der Waals surface area contributed by atoms with Crippen LogP contribution >= 0.6 is 0 Å². The number of furan rings is 1. The summed E-state index contributed by atoms with van der Waals surface area (Å²) >= 11 is 0. The molecule has 1 aromatic heterocycles. The Balaban J connectivity index is 1.99. The molecule has 1 aliphatic heterocycles. The zero-order valence-corrected chi connectivity index (χ0v) is 13.4. The van der Waals surface area contributed by atoms with Crippen molar-refractivity contribution in [2.75, 3.05) is 6.54 Å². The number of carboxylic acid groups (broad SMARTS) is 1. The number of hydrogen-bond acceptors (Lipinski definition) is 3. The quantitative estimate of drug-likeness (QED) is 0.889. The first-order valence-electron chi connectivity index (χ1n) is 8.07. The van der Waals surface area contributed by atoms with Crippen molar-refractivity contribution in [3.63, 3.8) is 0 Å². The Bertz CT molecular complexity index is 710. The predicted molar refractivity (Wildman–Crippen MR) is 84.0 cm³/mol. The van der Waals surface area contributed by atoms with Crippen molar-refractivity contribution in [3.8, 4) is 0 Å². The van der Waals surface area contributed by atoms with Crippen LogP contribution in [0.2, 0.25) is 0 Å². The molecule has 2 unspecified atom stereocenters. The average Bonchev–Trinajstić information content (AvgIpc) is 3.09. The highest BCUT2D eigenvalue weighted by Gasteiger charge is 2.37. The van der Waals surface area contributed by atoms with E-state index in [1.165, 1.54) is 18.4 Å². The summed E-state index contributed by atoms with van der Waals surface area (Å²) in [5.41, 5.74) is -0.154. The van der Waals surface area contributed by atoms with Gasteiger partial charge < -0.3 is 9.52 Å². The van der Waals surface area contributed by atoms with Crippen LogP contribution in [-0.2, 0) is 11.0 Å². The Morgan fingerprint density at radius 3 is 2.48 bits per heavy atom. The van der Waals surface area contributed by atoms with Crippen LogP contribution in [0.5, 0.6) is 0 Å². The zero-order chi connectivity index (χ0) is 18.0. The fourth-order valence-corrected chi connectivity index (χ4v) is 3.35. The summed E-state index contributed by atoms with van der Waals surface area (Å²) in [6.07, 6.45) is -0.778. The van der Waals surface area contributed by atoms with E-state index in [0.717, 1.165) is 25.0 Å². The van der Waals surface area contributed by atoms with E-state index in [1.807, 2.05) is 0 Å². The minimum Gasteiger partial charge on any atom is -0.480 e. The number of rotatable bonds is 4. The fourth-order valence-electron chi connectivity index (χ4n) is 3.35. The smallest absolute Gasteiger partial charge is 0.416 e. The van der Waals surface area contributed by atoms with Gasteiger partial charge >= 0.3 is 12.1 Å². The van der Waals surface area contributed by atoms with Gasteiger partial charge in [0.25, 0.3) is 0 Å². The van der Waals surface area contributed by atoms with Crippen molar-refractivity contribution in [2.45, 2.75) is 37.5 Å². The minimum absolute atomic E-state index is 0.507. The molecule has 7 heteroatoms. The summed E-state index contributed by atoms with van der Waals surface area (Å²) in [6.45, 7) is 0.545. The second-order valence-electron chi connectivity index (χ2n) is 6.13. The minimum atomic E-state index is -4.41. The third-order valence-corrected chi connectivity index (χ3v) is 4.53. The highest BCUT2D eigenvalue weighted by molar-refractivity contribution is 5.73. The molecule has 25 heavy (non-hydrogen) atoms. The first-order valence-corrected chi connectivity index (χ1v) is 8.07. The summed E-state index contributed by atoms with van der Waals surface area (Å²) in [7, 11) is 0. The van der Waals surface area contributed by atoms with E-state index in [-0.39, 0.29) is 0 Å². The third kappa shape index (κ3) is 3.71.